The summed E-state index contributed by atoms with van der Waals surface area (Å²) in [4.78, 5) is 30.3. The minimum absolute atomic E-state index is 0.0940. The largest absolute Gasteiger partial charge is 0.497 e. The molecule has 0 saturated carbocycles. The van der Waals surface area contributed by atoms with E-state index in [1.54, 1.807) is 19.2 Å². The summed E-state index contributed by atoms with van der Waals surface area (Å²) in [5.41, 5.74) is 4.26. The van der Waals surface area contributed by atoms with Gasteiger partial charge in [0.15, 0.2) is 0 Å². The average molecular weight is 457 g/mol. The molecule has 1 atom stereocenters. The maximum Gasteiger partial charge on any atom is 0.251 e. The predicted molar refractivity (Wildman–Crippen MR) is 132 cm³/mol. The van der Waals surface area contributed by atoms with Gasteiger partial charge in [-0.3, -0.25) is 9.59 Å². The van der Waals surface area contributed by atoms with E-state index in [1.807, 2.05) is 79.1 Å². The van der Waals surface area contributed by atoms with E-state index in [4.69, 9.17) is 9.72 Å². The minimum atomic E-state index is -0.393. The molecule has 0 saturated heterocycles. The van der Waals surface area contributed by atoms with Crippen LogP contribution in [0.15, 0.2) is 72.8 Å². The molecule has 2 amide bonds. The summed E-state index contributed by atoms with van der Waals surface area (Å²) in [5, 5.41) is 5.97. The van der Waals surface area contributed by atoms with Crippen LogP contribution in [-0.4, -0.2) is 28.5 Å². The topological polar surface area (TPSA) is 85.2 Å². The molecule has 1 unspecified atom stereocenters. The number of nitrogens with zero attached hydrogens (tertiary/aromatic N) is 2. The van der Waals surface area contributed by atoms with Crippen LogP contribution in [-0.2, 0) is 17.9 Å². The number of aromatic nitrogens is 2. The van der Waals surface area contributed by atoms with Crippen LogP contribution < -0.4 is 15.4 Å². The van der Waals surface area contributed by atoms with E-state index < -0.39 is 6.04 Å². The molecule has 0 aliphatic rings. The number of benzene rings is 3. The van der Waals surface area contributed by atoms with Gasteiger partial charge in [0.1, 0.15) is 18.1 Å². The molecule has 174 valence electrons. The number of ether oxygens (including phenoxy) is 1. The fraction of sp³-hybridized carbons (Fsp3) is 0.222. The van der Waals surface area contributed by atoms with E-state index in [9.17, 15) is 9.59 Å². The van der Waals surface area contributed by atoms with Crippen molar-refractivity contribution in [1.82, 2.24) is 20.2 Å². The van der Waals surface area contributed by atoms with Crippen molar-refractivity contribution in [3.05, 3.63) is 95.3 Å². The Kier molecular flexibility index (Phi) is 6.92. The number of hydrogen-bond donors (Lipinski definition) is 2. The van der Waals surface area contributed by atoms with Crippen molar-refractivity contribution >= 4 is 22.8 Å². The summed E-state index contributed by atoms with van der Waals surface area (Å²) in [6.45, 7) is 4.35. The number of para-hydroxylation sites is 2. The third-order valence-corrected chi connectivity index (χ3v) is 5.68. The van der Waals surface area contributed by atoms with Gasteiger partial charge in [0.2, 0.25) is 5.91 Å². The molecule has 2 N–H and O–H groups in total. The third-order valence-electron chi connectivity index (χ3n) is 5.68. The molecule has 7 heteroatoms. The molecule has 3 aromatic carbocycles. The minimum Gasteiger partial charge on any atom is -0.497 e. The van der Waals surface area contributed by atoms with Gasteiger partial charge in [0, 0.05) is 12.1 Å². The number of rotatable bonds is 8. The van der Waals surface area contributed by atoms with Crippen LogP contribution in [0.4, 0.5) is 0 Å². The van der Waals surface area contributed by atoms with Crippen LogP contribution in [0.1, 0.15) is 40.3 Å². The highest BCUT2D eigenvalue weighted by molar-refractivity contribution is 5.94. The number of carbonyl (C=O) groups excluding carboxylic acids is 2. The fourth-order valence-corrected chi connectivity index (χ4v) is 3.78. The Labute approximate surface area is 198 Å². The molecule has 1 heterocycles. The van der Waals surface area contributed by atoms with Gasteiger partial charge < -0.3 is 19.9 Å². The fourth-order valence-electron chi connectivity index (χ4n) is 3.78. The van der Waals surface area contributed by atoms with Crippen molar-refractivity contribution in [1.29, 1.82) is 0 Å². The van der Waals surface area contributed by atoms with E-state index in [-0.39, 0.29) is 18.4 Å². The van der Waals surface area contributed by atoms with Gasteiger partial charge in [-0.2, -0.15) is 0 Å². The zero-order valence-electron chi connectivity index (χ0n) is 19.5. The molecule has 4 rings (SSSR count). The van der Waals surface area contributed by atoms with Crippen LogP contribution in [0.25, 0.3) is 11.0 Å². The van der Waals surface area contributed by atoms with Crippen LogP contribution >= 0.6 is 0 Å². The van der Waals surface area contributed by atoms with Crippen LogP contribution in [0.3, 0.4) is 0 Å². The standard InChI is InChI=1S/C27H28N4O3/c1-18-8-12-21(13-9-18)27(33)29-19(2)26-30-23-6-4-5-7-24(23)31(26)17-25(32)28-16-20-10-14-22(34-3)15-11-20/h4-15,19H,16-17H2,1-3H3,(H,28,32)(H,29,33). The number of hydrogen-bond acceptors (Lipinski definition) is 4. The van der Waals surface area contributed by atoms with Crippen LogP contribution in [0.2, 0.25) is 0 Å². The summed E-state index contributed by atoms with van der Waals surface area (Å²) in [7, 11) is 1.62. The normalized spacial score (nSPS) is 11.7. The molecule has 0 fully saturated rings. The summed E-state index contributed by atoms with van der Waals surface area (Å²) < 4.78 is 7.03. The maximum absolute atomic E-state index is 12.8. The van der Waals surface area contributed by atoms with Gasteiger partial charge in [-0.05, 0) is 55.8 Å². The third kappa shape index (κ3) is 5.26. The second kappa shape index (κ2) is 10.2. The number of imidazole rings is 1. The van der Waals surface area contributed by atoms with Gasteiger partial charge in [-0.1, -0.05) is 42.0 Å². The molecule has 34 heavy (non-hydrogen) atoms. The van der Waals surface area contributed by atoms with E-state index in [1.165, 1.54) is 0 Å². The molecule has 7 nitrogen and oxygen atoms in total. The van der Waals surface area contributed by atoms with E-state index in [0.29, 0.717) is 17.9 Å². The highest BCUT2D eigenvalue weighted by Gasteiger charge is 2.20. The summed E-state index contributed by atoms with van der Waals surface area (Å²) >= 11 is 0. The van der Waals surface area contributed by atoms with Gasteiger partial charge in [-0.15, -0.1) is 0 Å². The predicted octanol–water partition coefficient (Wildman–Crippen LogP) is 4.16. The molecule has 0 radical (unpaired) electrons. The van der Waals surface area contributed by atoms with Gasteiger partial charge in [-0.25, -0.2) is 4.98 Å². The van der Waals surface area contributed by atoms with Crippen molar-refractivity contribution in [3.8, 4) is 5.75 Å². The molecule has 4 aromatic rings. The molecule has 1 aromatic heterocycles. The van der Waals surface area contributed by atoms with Crippen molar-refractivity contribution in [2.24, 2.45) is 0 Å². The first-order valence-electron chi connectivity index (χ1n) is 11.2. The smallest absolute Gasteiger partial charge is 0.251 e. The Balaban J connectivity index is 1.50. The van der Waals surface area contributed by atoms with Crippen LogP contribution in [0, 0.1) is 6.92 Å². The quantitative estimate of drug-likeness (QED) is 0.417. The molecule has 0 bridgehead atoms. The molecular formula is C27H28N4O3. The lowest BCUT2D eigenvalue weighted by Crippen LogP contribution is -2.31. The number of aryl methyl sites for hydroxylation is 1. The van der Waals surface area contributed by atoms with E-state index in [2.05, 4.69) is 10.6 Å². The van der Waals surface area contributed by atoms with Crippen LogP contribution in [0.5, 0.6) is 5.75 Å². The van der Waals surface area contributed by atoms with Crippen molar-refractivity contribution in [2.45, 2.75) is 33.0 Å². The number of carbonyl (C=O) groups is 2. The highest BCUT2D eigenvalue weighted by Crippen LogP contribution is 2.21. The molecular weight excluding hydrogens is 428 g/mol. The van der Waals surface area contributed by atoms with E-state index in [0.717, 1.165) is 27.9 Å². The second-order valence-corrected chi connectivity index (χ2v) is 8.23. The maximum atomic E-state index is 12.8. The lowest BCUT2D eigenvalue weighted by Gasteiger charge is -2.16. The first-order valence-corrected chi connectivity index (χ1v) is 11.2. The Bertz CT molecular complexity index is 1290. The molecule has 0 aliphatic heterocycles. The number of nitrogens with one attached hydrogen (secondary N) is 2. The van der Waals surface area contributed by atoms with E-state index >= 15 is 0 Å². The first-order chi connectivity index (χ1) is 16.4. The number of fused-ring (bicyclic) bond motifs is 1. The zero-order chi connectivity index (χ0) is 24.1. The number of methoxy groups -OCH3 is 1. The first kappa shape index (κ1) is 23.0. The highest BCUT2D eigenvalue weighted by atomic mass is 16.5. The Morgan fingerprint density at radius 3 is 2.41 bits per heavy atom. The number of amides is 2. The van der Waals surface area contributed by atoms with Gasteiger partial charge in [0.05, 0.1) is 24.2 Å². The van der Waals surface area contributed by atoms with Crippen molar-refractivity contribution in [2.75, 3.05) is 7.11 Å². The Morgan fingerprint density at radius 1 is 1.00 bits per heavy atom. The Morgan fingerprint density at radius 2 is 1.71 bits per heavy atom. The monoisotopic (exact) mass is 456 g/mol. The van der Waals surface area contributed by atoms with Gasteiger partial charge >= 0.3 is 0 Å². The summed E-state index contributed by atoms with van der Waals surface area (Å²) in [6, 6.07) is 22.2. The zero-order valence-corrected chi connectivity index (χ0v) is 19.5. The van der Waals surface area contributed by atoms with Gasteiger partial charge in [0.25, 0.3) is 5.91 Å². The molecule has 0 spiro atoms. The lowest BCUT2D eigenvalue weighted by molar-refractivity contribution is -0.121. The lowest BCUT2D eigenvalue weighted by atomic mass is 10.1. The molecule has 0 aliphatic carbocycles. The second-order valence-electron chi connectivity index (χ2n) is 8.23. The average Bonchev–Trinajstić information content (AvgIpc) is 3.22. The Hall–Kier alpha value is -4.13. The SMILES string of the molecule is COc1ccc(CNC(=O)Cn2c(C(C)NC(=O)c3ccc(C)cc3)nc3ccccc32)cc1. The summed E-state index contributed by atoms with van der Waals surface area (Å²) in [5.74, 6) is 1.07. The van der Waals surface area contributed by atoms with Crippen molar-refractivity contribution < 1.29 is 14.3 Å². The van der Waals surface area contributed by atoms with Crippen molar-refractivity contribution in [3.63, 3.8) is 0 Å². The summed E-state index contributed by atoms with van der Waals surface area (Å²) in [6.07, 6.45) is 0.